The van der Waals surface area contributed by atoms with Crippen molar-refractivity contribution in [2.24, 2.45) is 0 Å². The van der Waals surface area contributed by atoms with E-state index in [1.807, 2.05) is 12.1 Å². The SMILES string of the molecule is c1ccc(C2(c3ccccc3)c3ccccc3-c3ccc(-c4ccc(N(c5cccc(-c6cccc7ccccc67)c5)c5ccc6oc7ccccc7c6c5)cc4)cc32)cc1. The van der Waals surface area contributed by atoms with Gasteiger partial charge in [0.1, 0.15) is 11.2 Å². The van der Waals surface area contributed by atoms with Gasteiger partial charge in [0.05, 0.1) is 5.41 Å². The van der Waals surface area contributed by atoms with Gasteiger partial charge in [-0.25, -0.2) is 0 Å². The first-order valence-corrected chi connectivity index (χ1v) is 21.0. The molecule has 0 saturated heterocycles. The van der Waals surface area contributed by atoms with E-state index in [9.17, 15) is 0 Å². The Bertz CT molecular complexity index is 3370. The molecule has 0 bridgehead atoms. The van der Waals surface area contributed by atoms with Crippen LogP contribution in [0.2, 0.25) is 0 Å². The molecule has 1 aromatic heterocycles. The molecular formula is C59H39NO. The monoisotopic (exact) mass is 777 g/mol. The summed E-state index contributed by atoms with van der Waals surface area (Å²) in [6, 6.07) is 86.1. The zero-order valence-corrected chi connectivity index (χ0v) is 33.4. The highest BCUT2D eigenvalue weighted by Gasteiger charge is 2.46. The number of nitrogens with zero attached hydrogens (tertiary/aromatic N) is 1. The topological polar surface area (TPSA) is 16.4 Å². The summed E-state index contributed by atoms with van der Waals surface area (Å²) in [6.07, 6.45) is 0. The molecule has 0 radical (unpaired) electrons. The number of anilines is 3. The molecule has 1 aliphatic rings. The fourth-order valence-corrected chi connectivity index (χ4v) is 10.0. The molecule has 1 aliphatic carbocycles. The van der Waals surface area contributed by atoms with Crippen LogP contribution in [0, 0.1) is 0 Å². The van der Waals surface area contributed by atoms with Crippen LogP contribution >= 0.6 is 0 Å². The minimum absolute atomic E-state index is 0.452. The summed E-state index contributed by atoms with van der Waals surface area (Å²) in [7, 11) is 0. The highest BCUT2D eigenvalue weighted by atomic mass is 16.3. The Morgan fingerprint density at radius 1 is 0.311 bits per heavy atom. The normalized spacial score (nSPS) is 12.7. The lowest BCUT2D eigenvalue weighted by atomic mass is 9.67. The summed E-state index contributed by atoms with van der Waals surface area (Å²) < 4.78 is 6.29. The van der Waals surface area contributed by atoms with Crippen LogP contribution in [-0.4, -0.2) is 0 Å². The molecule has 0 unspecified atom stereocenters. The lowest BCUT2D eigenvalue weighted by Gasteiger charge is -2.34. The molecular weight excluding hydrogens is 739 g/mol. The van der Waals surface area contributed by atoms with Gasteiger partial charge in [-0.3, -0.25) is 0 Å². The summed E-state index contributed by atoms with van der Waals surface area (Å²) in [5.74, 6) is 0. The van der Waals surface area contributed by atoms with Crippen LogP contribution in [0.25, 0.3) is 66.1 Å². The van der Waals surface area contributed by atoms with E-state index < -0.39 is 5.41 Å². The number of fused-ring (bicyclic) bond motifs is 7. The number of benzene rings is 10. The second-order valence-corrected chi connectivity index (χ2v) is 16.0. The van der Waals surface area contributed by atoms with E-state index in [0.717, 1.165) is 39.0 Å². The Labute approximate surface area is 355 Å². The Morgan fingerprint density at radius 3 is 1.72 bits per heavy atom. The molecule has 10 aromatic carbocycles. The van der Waals surface area contributed by atoms with Crippen molar-refractivity contribution in [2.45, 2.75) is 5.41 Å². The van der Waals surface area contributed by atoms with Gasteiger partial charge in [-0.1, -0.05) is 182 Å². The minimum atomic E-state index is -0.452. The summed E-state index contributed by atoms with van der Waals surface area (Å²) in [5.41, 5.74) is 17.0. The van der Waals surface area contributed by atoms with E-state index >= 15 is 0 Å². The second kappa shape index (κ2) is 14.1. The molecule has 0 atom stereocenters. The Balaban J connectivity index is 1.01. The first kappa shape index (κ1) is 35.0. The molecule has 2 heteroatoms. The first-order valence-electron chi connectivity index (χ1n) is 21.0. The van der Waals surface area contributed by atoms with Gasteiger partial charge in [-0.15, -0.1) is 0 Å². The van der Waals surface area contributed by atoms with E-state index in [0.29, 0.717) is 0 Å². The molecule has 0 aliphatic heterocycles. The first-order chi connectivity index (χ1) is 30.2. The molecule has 0 spiro atoms. The van der Waals surface area contributed by atoms with E-state index in [1.54, 1.807) is 0 Å². The Morgan fingerprint density at radius 2 is 0.902 bits per heavy atom. The van der Waals surface area contributed by atoms with Crippen LogP contribution in [0.1, 0.15) is 22.3 Å². The maximum atomic E-state index is 6.29. The molecule has 286 valence electrons. The van der Waals surface area contributed by atoms with Crippen LogP contribution < -0.4 is 4.90 Å². The van der Waals surface area contributed by atoms with Crippen LogP contribution in [-0.2, 0) is 5.41 Å². The number of hydrogen-bond acceptors (Lipinski definition) is 2. The zero-order chi connectivity index (χ0) is 40.3. The van der Waals surface area contributed by atoms with Gasteiger partial charge in [0.25, 0.3) is 0 Å². The van der Waals surface area contributed by atoms with Gasteiger partial charge in [0.15, 0.2) is 0 Å². The maximum Gasteiger partial charge on any atom is 0.135 e. The fourth-order valence-electron chi connectivity index (χ4n) is 10.0. The van der Waals surface area contributed by atoms with E-state index in [4.69, 9.17) is 4.42 Å². The molecule has 0 N–H and O–H groups in total. The highest BCUT2D eigenvalue weighted by Crippen LogP contribution is 2.56. The number of furan rings is 1. The van der Waals surface area contributed by atoms with E-state index in [2.05, 4.69) is 229 Å². The Hall–Kier alpha value is -7.94. The van der Waals surface area contributed by atoms with Gasteiger partial charge in [-0.2, -0.15) is 0 Å². The van der Waals surface area contributed by atoms with Crippen molar-refractivity contribution < 1.29 is 4.42 Å². The maximum absolute atomic E-state index is 6.29. The molecule has 0 saturated carbocycles. The summed E-state index contributed by atoms with van der Waals surface area (Å²) in [6.45, 7) is 0. The van der Waals surface area contributed by atoms with Crippen molar-refractivity contribution >= 4 is 49.8 Å². The largest absolute Gasteiger partial charge is 0.456 e. The third kappa shape index (κ3) is 5.57. The molecule has 0 amide bonds. The summed E-state index contributed by atoms with van der Waals surface area (Å²) in [4.78, 5) is 2.37. The van der Waals surface area contributed by atoms with Crippen molar-refractivity contribution in [3.05, 3.63) is 259 Å². The van der Waals surface area contributed by atoms with Gasteiger partial charge >= 0.3 is 0 Å². The van der Waals surface area contributed by atoms with Crippen LogP contribution in [0.4, 0.5) is 17.1 Å². The van der Waals surface area contributed by atoms with E-state index in [1.165, 1.54) is 66.4 Å². The van der Waals surface area contributed by atoms with Crippen molar-refractivity contribution in [1.82, 2.24) is 0 Å². The van der Waals surface area contributed by atoms with Gasteiger partial charge in [-0.05, 0) is 121 Å². The molecule has 11 aromatic rings. The lowest BCUT2D eigenvalue weighted by Crippen LogP contribution is -2.28. The average molecular weight is 778 g/mol. The lowest BCUT2D eigenvalue weighted by molar-refractivity contribution is 0.669. The standard InChI is InChI=1S/C59H39NO/c1-3-18-44(19-4-1)59(45-20-5-2-6-21-45)55-27-11-9-24-51(55)52-35-31-42(38-56(52)59)40-29-32-46(33-30-40)60(48-34-36-58-54(39-48)53-25-10-12-28-57(53)61-58)47-22-13-17-43(37-47)50-26-14-16-41-15-7-8-23-49(41)50/h1-39H. The van der Waals surface area contributed by atoms with Gasteiger partial charge in [0.2, 0.25) is 0 Å². The molecule has 12 rings (SSSR count). The molecule has 1 heterocycles. The molecule has 0 fully saturated rings. The predicted molar refractivity (Wildman–Crippen MR) is 254 cm³/mol. The number of para-hydroxylation sites is 1. The third-order valence-corrected chi connectivity index (χ3v) is 12.7. The van der Waals surface area contributed by atoms with Crippen molar-refractivity contribution in [3.63, 3.8) is 0 Å². The van der Waals surface area contributed by atoms with Crippen molar-refractivity contribution in [2.75, 3.05) is 4.90 Å². The predicted octanol–water partition coefficient (Wildman–Crippen LogP) is 15.9. The summed E-state index contributed by atoms with van der Waals surface area (Å²) in [5, 5.41) is 4.68. The van der Waals surface area contributed by atoms with Gasteiger partial charge < -0.3 is 9.32 Å². The number of hydrogen-bond donors (Lipinski definition) is 0. The highest BCUT2D eigenvalue weighted by molar-refractivity contribution is 6.07. The second-order valence-electron chi connectivity index (χ2n) is 16.0. The van der Waals surface area contributed by atoms with Crippen LogP contribution in [0.3, 0.4) is 0 Å². The smallest absolute Gasteiger partial charge is 0.135 e. The van der Waals surface area contributed by atoms with Crippen molar-refractivity contribution in [3.8, 4) is 33.4 Å². The number of rotatable bonds is 7. The third-order valence-electron chi connectivity index (χ3n) is 12.7. The molecule has 2 nitrogen and oxygen atoms in total. The fraction of sp³-hybridized carbons (Fsp3) is 0.0169. The van der Waals surface area contributed by atoms with E-state index in [-0.39, 0.29) is 0 Å². The Kier molecular flexibility index (Phi) is 8.11. The average Bonchev–Trinajstić information content (AvgIpc) is 3.86. The van der Waals surface area contributed by atoms with Crippen LogP contribution in [0.15, 0.2) is 241 Å². The molecule has 61 heavy (non-hydrogen) atoms. The quantitative estimate of drug-likeness (QED) is 0.160. The van der Waals surface area contributed by atoms with Gasteiger partial charge in [0, 0.05) is 27.8 Å². The summed E-state index contributed by atoms with van der Waals surface area (Å²) >= 11 is 0. The minimum Gasteiger partial charge on any atom is -0.456 e. The van der Waals surface area contributed by atoms with Crippen molar-refractivity contribution in [1.29, 1.82) is 0 Å². The van der Waals surface area contributed by atoms with Crippen LogP contribution in [0.5, 0.6) is 0 Å². The zero-order valence-electron chi connectivity index (χ0n) is 33.4.